The second kappa shape index (κ2) is 4.49. The minimum absolute atomic E-state index is 0.461. The Kier molecular flexibility index (Phi) is 2.53. The first-order valence-electron chi connectivity index (χ1n) is 7.94. The third kappa shape index (κ3) is 1.74. The summed E-state index contributed by atoms with van der Waals surface area (Å²) in [6.07, 6.45) is 0.780. The second-order valence-electron chi connectivity index (χ2n) is 6.21. The van der Waals surface area contributed by atoms with E-state index >= 15 is 0 Å². The van der Waals surface area contributed by atoms with Crippen LogP contribution in [0.4, 0.5) is 0 Å². The monoisotopic (exact) mass is 304 g/mol. The van der Waals surface area contributed by atoms with Crippen molar-refractivity contribution in [1.82, 2.24) is 0 Å². The fourth-order valence-corrected chi connectivity index (χ4v) is 3.78. The molecule has 0 bridgehead atoms. The fourth-order valence-electron chi connectivity index (χ4n) is 3.78. The molecule has 0 saturated carbocycles. The quantitative estimate of drug-likeness (QED) is 0.673. The number of rotatable bonds is 0. The molecule has 5 rings (SSSR count). The van der Waals surface area contributed by atoms with E-state index in [1.165, 1.54) is 0 Å². The first-order chi connectivity index (χ1) is 11.3. The number of hydrogen-bond donors (Lipinski definition) is 1. The van der Waals surface area contributed by atoms with Crippen LogP contribution in [0.25, 0.3) is 10.8 Å². The summed E-state index contributed by atoms with van der Waals surface area (Å²) >= 11 is 0. The van der Waals surface area contributed by atoms with Crippen LogP contribution in [-0.4, -0.2) is 5.11 Å². The lowest BCUT2D eigenvalue weighted by atomic mass is 9.84. The van der Waals surface area contributed by atoms with Crippen LogP contribution in [0, 0.1) is 0 Å². The van der Waals surface area contributed by atoms with Crippen LogP contribution < -0.4 is 9.47 Å². The van der Waals surface area contributed by atoms with E-state index in [-0.39, 0.29) is 0 Å². The summed E-state index contributed by atoms with van der Waals surface area (Å²) in [5.41, 5.74) is 1.82. The average Bonchev–Trinajstić information content (AvgIpc) is 2.59. The van der Waals surface area contributed by atoms with Gasteiger partial charge in [0.25, 0.3) is 5.79 Å². The largest absolute Gasteiger partial charge is 0.447 e. The first-order valence-corrected chi connectivity index (χ1v) is 7.94. The molecule has 0 amide bonds. The molecule has 0 fully saturated rings. The van der Waals surface area contributed by atoms with Crippen molar-refractivity contribution in [2.75, 3.05) is 0 Å². The van der Waals surface area contributed by atoms with Gasteiger partial charge < -0.3 is 14.6 Å². The van der Waals surface area contributed by atoms with E-state index in [9.17, 15) is 5.11 Å². The summed E-state index contributed by atoms with van der Waals surface area (Å²) in [6.45, 7) is 0. The Morgan fingerprint density at radius 3 is 2.30 bits per heavy atom. The highest BCUT2D eigenvalue weighted by Crippen LogP contribution is 2.50. The van der Waals surface area contributed by atoms with Gasteiger partial charge in [0.2, 0.25) is 0 Å². The van der Waals surface area contributed by atoms with Gasteiger partial charge in [0.1, 0.15) is 11.5 Å². The Hall–Kier alpha value is -2.52. The van der Waals surface area contributed by atoms with Gasteiger partial charge in [0.05, 0.1) is 11.5 Å². The summed E-state index contributed by atoms with van der Waals surface area (Å²) < 4.78 is 12.7. The molecule has 3 aromatic rings. The van der Waals surface area contributed by atoms with Crippen molar-refractivity contribution < 1.29 is 14.6 Å². The fraction of sp³-hybridized carbons (Fsp3) is 0.200. The summed E-state index contributed by atoms with van der Waals surface area (Å²) in [5.74, 6) is 0.837. The first kappa shape index (κ1) is 13.0. The van der Waals surface area contributed by atoms with E-state index in [2.05, 4.69) is 12.1 Å². The maximum Gasteiger partial charge on any atom is 0.278 e. The predicted molar refractivity (Wildman–Crippen MR) is 87.5 cm³/mol. The molecule has 0 radical (unpaired) electrons. The zero-order chi connectivity index (χ0) is 15.4. The molecular formula is C20H16O3. The van der Waals surface area contributed by atoms with Gasteiger partial charge in [-0.05, 0) is 29.5 Å². The zero-order valence-electron chi connectivity index (χ0n) is 12.5. The lowest BCUT2D eigenvalue weighted by Crippen LogP contribution is -2.44. The number of benzene rings is 3. The Bertz CT molecular complexity index is 875. The Morgan fingerprint density at radius 2 is 1.57 bits per heavy atom. The molecule has 1 spiro atoms. The summed E-state index contributed by atoms with van der Waals surface area (Å²) in [4.78, 5) is 0. The molecule has 0 aromatic heterocycles. The van der Waals surface area contributed by atoms with Crippen LogP contribution in [0.2, 0.25) is 0 Å². The molecule has 1 aliphatic carbocycles. The molecule has 0 saturated heterocycles. The van der Waals surface area contributed by atoms with Crippen LogP contribution in [0.15, 0.2) is 60.7 Å². The van der Waals surface area contributed by atoms with Crippen LogP contribution >= 0.6 is 0 Å². The van der Waals surface area contributed by atoms with Crippen LogP contribution in [0.5, 0.6) is 11.5 Å². The van der Waals surface area contributed by atoms with E-state index < -0.39 is 11.9 Å². The standard InChI is InChI=1S/C20H16O3/c21-16-11-12-20(15-8-2-1-7-14(15)16)22-17-9-3-5-13-6-4-10-18(23-20)19(13)17/h1-10,16,21H,11-12H2. The molecule has 1 heterocycles. The number of aliphatic hydroxyl groups is 1. The molecule has 2 aliphatic rings. The van der Waals surface area contributed by atoms with Gasteiger partial charge in [0.15, 0.2) is 0 Å². The highest BCUT2D eigenvalue weighted by Gasteiger charge is 2.46. The van der Waals surface area contributed by atoms with Gasteiger partial charge in [0, 0.05) is 12.0 Å². The number of aliphatic hydroxyl groups excluding tert-OH is 1. The maximum atomic E-state index is 10.3. The number of fused-ring (bicyclic) bond motifs is 2. The number of hydrogen-bond acceptors (Lipinski definition) is 3. The molecule has 1 N–H and O–H groups in total. The van der Waals surface area contributed by atoms with E-state index in [0.717, 1.165) is 33.4 Å². The molecule has 114 valence electrons. The lowest BCUT2D eigenvalue weighted by molar-refractivity contribution is -0.146. The average molecular weight is 304 g/mol. The van der Waals surface area contributed by atoms with E-state index in [1.54, 1.807) is 0 Å². The zero-order valence-corrected chi connectivity index (χ0v) is 12.5. The van der Waals surface area contributed by atoms with Crippen molar-refractivity contribution in [1.29, 1.82) is 0 Å². The van der Waals surface area contributed by atoms with Gasteiger partial charge in [-0.3, -0.25) is 0 Å². The molecule has 23 heavy (non-hydrogen) atoms. The van der Waals surface area contributed by atoms with Crippen LogP contribution in [0.3, 0.4) is 0 Å². The minimum Gasteiger partial charge on any atom is -0.447 e. The van der Waals surface area contributed by atoms with Crippen molar-refractivity contribution in [3.05, 3.63) is 71.8 Å². The van der Waals surface area contributed by atoms with Gasteiger partial charge in [-0.1, -0.05) is 48.5 Å². The Labute approximate surface area is 134 Å². The summed E-state index contributed by atoms with van der Waals surface area (Å²) in [5, 5.41) is 12.4. The molecule has 1 aliphatic heterocycles. The smallest absolute Gasteiger partial charge is 0.278 e. The minimum atomic E-state index is -0.849. The Balaban J connectivity index is 1.74. The third-order valence-corrected chi connectivity index (χ3v) is 4.85. The third-order valence-electron chi connectivity index (χ3n) is 4.85. The van der Waals surface area contributed by atoms with Gasteiger partial charge in [-0.15, -0.1) is 0 Å². The maximum absolute atomic E-state index is 10.3. The Morgan fingerprint density at radius 1 is 0.870 bits per heavy atom. The van der Waals surface area contributed by atoms with Crippen molar-refractivity contribution in [2.24, 2.45) is 0 Å². The molecule has 3 heteroatoms. The van der Waals surface area contributed by atoms with Gasteiger partial charge in [-0.25, -0.2) is 0 Å². The number of ether oxygens (including phenoxy) is 2. The molecule has 1 atom stereocenters. The lowest BCUT2D eigenvalue weighted by Gasteiger charge is -2.43. The molecular weight excluding hydrogens is 288 g/mol. The topological polar surface area (TPSA) is 38.7 Å². The van der Waals surface area contributed by atoms with E-state index in [4.69, 9.17) is 9.47 Å². The molecule has 3 nitrogen and oxygen atoms in total. The SMILES string of the molecule is OC1CCC2(Oc3cccc4cccc(c34)O2)c2ccccc21. The normalized spacial score (nSPS) is 20.7. The van der Waals surface area contributed by atoms with Crippen LogP contribution in [-0.2, 0) is 5.79 Å². The van der Waals surface area contributed by atoms with Crippen LogP contribution in [0.1, 0.15) is 30.1 Å². The van der Waals surface area contributed by atoms with Crippen molar-refractivity contribution in [3.63, 3.8) is 0 Å². The molecule has 3 aromatic carbocycles. The van der Waals surface area contributed by atoms with Crippen molar-refractivity contribution in [3.8, 4) is 11.5 Å². The van der Waals surface area contributed by atoms with E-state index in [0.29, 0.717) is 12.8 Å². The van der Waals surface area contributed by atoms with Gasteiger partial charge in [-0.2, -0.15) is 0 Å². The summed E-state index contributed by atoms with van der Waals surface area (Å²) in [7, 11) is 0. The molecule has 1 unspecified atom stereocenters. The van der Waals surface area contributed by atoms with E-state index in [1.807, 2.05) is 48.5 Å². The van der Waals surface area contributed by atoms with Gasteiger partial charge >= 0.3 is 0 Å². The highest BCUT2D eigenvalue weighted by molar-refractivity contribution is 5.94. The van der Waals surface area contributed by atoms with Crippen molar-refractivity contribution in [2.45, 2.75) is 24.7 Å². The predicted octanol–water partition coefficient (Wildman–Crippen LogP) is 4.29. The second-order valence-corrected chi connectivity index (χ2v) is 6.21. The highest BCUT2D eigenvalue weighted by atomic mass is 16.7. The summed E-state index contributed by atoms with van der Waals surface area (Å²) in [6, 6.07) is 20.0. The van der Waals surface area contributed by atoms with Crippen molar-refractivity contribution >= 4 is 10.8 Å².